The minimum absolute atomic E-state index is 0.107. The van der Waals surface area contributed by atoms with Gasteiger partial charge >= 0.3 is 6.09 Å². The molecule has 11 heteroatoms. The van der Waals surface area contributed by atoms with Crippen molar-refractivity contribution in [3.63, 3.8) is 0 Å². The van der Waals surface area contributed by atoms with Crippen molar-refractivity contribution in [2.45, 2.75) is 64.3 Å². The van der Waals surface area contributed by atoms with Crippen molar-refractivity contribution in [1.82, 2.24) is 26.5 Å². The van der Waals surface area contributed by atoms with Crippen LogP contribution in [-0.2, 0) is 25.5 Å². The van der Waals surface area contributed by atoms with Gasteiger partial charge in [-0.1, -0.05) is 18.2 Å². The third-order valence-electron chi connectivity index (χ3n) is 5.18. The molecule has 1 aliphatic rings. The minimum atomic E-state index is -1.31. The molecule has 2 aromatic rings. The van der Waals surface area contributed by atoms with Gasteiger partial charge in [-0.25, -0.2) is 4.79 Å². The molecule has 3 rings (SSSR count). The number of benzene rings is 1. The summed E-state index contributed by atoms with van der Waals surface area (Å²) in [6, 6.07) is 5.84. The number of amides is 4. The van der Waals surface area contributed by atoms with Crippen molar-refractivity contribution in [2.75, 3.05) is 0 Å². The van der Waals surface area contributed by atoms with Gasteiger partial charge < -0.3 is 20.8 Å². The number of H-pyrrole nitrogens is 1. The van der Waals surface area contributed by atoms with Crippen LogP contribution in [0.15, 0.2) is 24.3 Å². The fourth-order valence-electron chi connectivity index (χ4n) is 3.78. The van der Waals surface area contributed by atoms with Crippen molar-refractivity contribution in [3.05, 3.63) is 35.5 Å². The summed E-state index contributed by atoms with van der Waals surface area (Å²) >= 11 is 0. The molecule has 11 nitrogen and oxygen atoms in total. The number of hydrogen-bond donors (Lipinski definition) is 6. The Labute approximate surface area is 191 Å². The van der Waals surface area contributed by atoms with Gasteiger partial charge in [-0.05, 0) is 45.7 Å². The molecule has 0 saturated carbocycles. The molecule has 4 amide bonds. The number of primary amides is 1. The second-order valence-electron chi connectivity index (χ2n) is 9.06. The molecule has 33 heavy (non-hydrogen) atoms. The average molecular weight is 459 g/mol. The van der Waals surface area contributed by atoms with Gasteiger partial charge in [0.25, 0.3) is 11.8 Å². The second kappa shape index (κ2) is 9.49. The van der Waals surface area contributed by atoms with Crippen LogP contribution < -0.4 is 27.2 Å². The SMILES string of the molecule is C[C@@H]1N[C@H](C(=O)NNC(=O)[C@H](CC(N)=O)NC(=O)OC(C)(C)C)Cc2c1[nH]c1ccccc21. The summed E-state index contributed by atoms with van der Waals surface area (Å²) in [5.74, 6) is -2.06. The van der Waals surface area contributed by atoms with E-state index in [1.807, 2.05) is 31.2 Å². The zero-order valence-corrected chi connectivity index (χ0v) is 19.1. The fourth-order valence-corrected chi connectivity index (χ4v) is 3.78. The van der Waals surface area contributed by atoms with Crippen LogP contribution in [0.2, 0.25) is 0 Å². The Hall–Kier alpha value is -3.60. The van der Waals surface area contributed by atoms with Crippen LogP contribution in [0.3, 0.4) is 0 Å². The number of fused-ring (bicyclic) bond motifs is 3. The van der Waals surface area contributed by atoms with Crippen molar-refractivity contribution < 1.29 is 23.9 Å². The third-order valence-corrected chi connectivity index (χ3v) is 5.18. The van der Waals surface area contributed by atoms with Crippen LogP contribution in [0.25, 0.3) is 10.9 Å². The highest BCUT2D eigenvalue weighted by atomic mass is 16.6. The number of aromatic nitrogens is 1. The van der Waals surface area contributed by atoms with Gasteiger partial charge in [-0.15, -0.1) is 0 Å². The summed E-state index contributed by atoms with van der Waals surface area (Å²) in [6.07, 6.45) is -0.921. The van der Waals surface area contributed by atoms with E-state index >= 15 is 0 Å². The Morgan fingerprint density at radius 1 is 1.18 bits per heavy atom. The molecule has 0 radical (unpaired) electrons. The Morgan fingerprint density at radius 3 is 2.55 bits per heavy atom. The molecule has 1 aliphatic heterocycles. The van der Waals surface area contributed by atoms with Crippen molar-refractivity contribution in [1.29, 1.82) is 0 Å². The predicted molar refractivity (Wildman–Crippen MR) is 121 cm³/mol. The molecule has 3 atom stereocenters. The first-order valence-electron chi connectivity index (χ1n) is 10.7. The Kier molecular flexibility index (Phi) is 6.92. The maximum Gasteiger partial charge on any atom is 0.408 e. The van der Waals surface area contributed by atoms with Crippen molar-refractivity contribution in [2.24, 2.45) is 5.73 Å². The standard InChI is InChI=1S/C22H30N6O5/c1-11-18-13(12-7-5-6-8-14(12)25-18)9-15(24-11)19(30)27-28-20(31)16(10-17(23)29)26-21(32)33-22(2,3)4/h5-8,11,15-16,24-25H,9-10H2,1-4H3,(H2,23,29)(H,26,32)(H,27,30)(H,28,31)/t11-,15-,16-/m0/s1. The lowest BCUT2D eigenvalue weighted by Gasteiger charge is -2.28. The number of carbonyl (C=O) groups excluding carboxylic acids is 4. The summed E-state index contributed by atoms with van der Waals surface area (Å²) < 4.78 is 5.11. The zero-order valence-electron chi connectivity index (χ0n) is 19.1. The van der Waals surface area contributed by atoms with Gasteiger partial charge in [0.15, 0.2) is 0 Å². The average Bonchev–Trinajstić information content (AvgIpc) is 3.09. The molecule has 0 spiro atoms. The maximum absolute atomic E-state index is 12.8. The molecular weight excluding hydrogens is 428 g/mol. The van der Waals surface area contributed by atoms with E-state index in [2.05, 4.69) is 26.5 Å². The van der Waals surface area contributed by atoms with E-state index in [1.165, 1.54) is 0 Å². The highest BCUT2D eigenvalue weighted by molar-refractivity contribution is 5.93. The number of para-hydroxylation sites is 1. The quantitative estimate of drug-likeness (QED) is 0.360. The lowest BCUT2D eigenvalue weighted by Crippen LogP contribution is -2.58. The van der Waals surface area contributed by atoms with Gasteiger partial charge in [0, 0.05) is 22.6 Å². The van der Waals surface area contributed by atoms with Crippen LogP contribution in [0.1, 0.15) is 51.4 Å². The number of alkyl carbamates (subject to hydrolysis) is 1. The van der Waals surface area contributed by atoms with Gasteiger partial charge in [0.2, 0.25) is 5.91 Å². The summed E-state index contributed by atoms with van der Waals surface area (Å²) in [5, 5.41) is 6.56. The van der Waals surface area contributed by atoms with E-state index in [9.17, 15) is 19.2 Å². The van der Waals surface area contributed by atoms with E-state index in [-0.39, 0.29) is 6.04 Å². The molecule has 0 aliphatic carbocycles. The lowest BCUT2D eigenvalue weighted by atomic mass is 9.94. The Balaban J connectivity index is 1.63. The van der Waals surface area contributed by atoms with E-state index in [0.29, 0.717) is 6.42 Å². The molecule has 7 N–H and O–H groups in total. The topological polar surface area (TPSA) is 167 Å². The van der Waals surface area contributed by atoms with Gasteiger partial charge in [0.1, 0.15) is 11.6 Å². The number of hydrogen-bond acceptors (Lipinski definition) is 6. The first-order chi connectivity index (χ1) is 15.4. The summed E-state index contributed by atoms with van der Waals surface area (Å²) in [5.41, 5.74) is 12.1. The highest BCUT2D eigenvalue weighted by Gasteiger charge is 2.32. The number of ether oxygens (including phenoxy) is 1. The Bertz CT molecular complexity index is 1070. The predicted octanol–water partition coefficient (Wildman–Crippen LogP) is 0.659. The molecule has 178 valence electrons. The molecule has 2 heterocycles. The number of hydrazine groups is 1. The molecule has 0 unspecified atom stereocenters. The van der Waals surface area contributed by atoms with E-state index < -0.39 is 47.9 Å². The zero-order chi connectivity index (χ0) is 24.3. The number of aromatic amines is 1. The molecule has 1 aromatic heterocycles. The van der Waals surface area contributed by atoms with Crippen LogP contribution in [0, 0.1) is 0 Å². The maximum atomic E-state index is 12.8. The molecule has 0 bridgehead atoms. The first-order valence-corrected chi connectivity index (χ1v) is 10.7. The summed E-state index contributed by atoms with van der Waals surface area (Å²) in [4.78, 5) is 52.0. The fraction of sp³-hybridized carbons (Fsp3) is 0.455. The van der Waals surface area contributed by atoms with Crippen molar-refractivity contribution in [3.8, 4) is 0 Å². The van der Waals surface area contributed by atoms with Crippen LogP contribution >= 0.6 is 0 Å². The Morgan fingerprint density at radius 2 is 1.88 bits per heavy atom. The first kappa shape index (κ1) is 24.1. The van der Waals surface area contributed by atoms with Crippen LogP contribution in [-0.4, -0.2) is 46.5 Å². The van der Waals surface area contributed by atoms with Crippen LogP contribution in [0.4, 0.5) is 4.79 Å². The summed E-state index contributed by atoms with van der Waals surface area (Å²) in [7, 11) is 0. The smallest absolute Gasteiger partial charge is 0.408 e. The second-order valence-corrected chi connectivity index (χ2v) is 9.06. The number of nitrogens with two attached hydrogens (primary N) is 1. The van der Waals surface area contributed by atoms with Gasteiger partial charge in [-0.3, -0.25) is 30.6 Å². The number of carbonyl (C=O) groups is 4. The molecule has 1 aromatic carbocycles. The molecule has 0 saturated heterocycles. The summed E-state index contributed by atoms with van der Waals surface area (Å²) in [6.45, 7) is 6.92. The van der Waals surface area contributed by atoms with E-state index in [0.717, 1.165) is 22.2 Å². The lowest BCUT2D eigenvalue weighted by molar-refractivity contribution is -0.132. The molecular formula is C22H30N6O5. The minimum Gasteiger partial charge on any atom is -0.444 e. The van der Waals surface area contributed by atoms with Crippen molar-refractivity contribution >= 4 is 34.7 Å². The largest absolute Gasteiger partial charge is 0.444 e. The van der Waals surface area contributed by atoms with Gasteiger partial charge in [-0.2, -0.15) is 0 Å². The highest BCUT2D eigenvalue weighted by Crippen LogP contribution is 2.31. The van der Waals surface area contributed by atoms with Crippen LogP contribution in [0.5, 0.6) is 0 Å². The number of nitrogens with one attached hydrogen (secondary N) is 5. The van der Waals surface area contributed by atoms with E-state index in [4.69, 9.17) is 10.5 Å². The normalized spacial score (nSPS) is 18.7. The third kappa shape index (κ3) is 6.01. The number of rotatable bonds is 5. The van der Waals surface area contributed by atoms with Gasteiger partial charge in [0.05, 0.1) is 12.5 Å². The monoisotopic (exact) mass is 458 g/mol. The molecule has 0 fully saturated rings. The van der Waals surface area contributed by atoms with E-state index in [1.54, 1.807) is 20.8 Å².